The monoisotopic (exact) mass is 516 g/mol. The van der Waals surface area contributed by atoms with E-state index in [2.05, 4.69) is 20.9 Å². The van der Waals surface area contributed by atoms with Crippen molar-refractivity contribution in [1.29, 1.82) is 0 Å². The highest BCUT2D eigenvalue weighted by Gasteiger charge is 2.08. The number of aliphatic imine (C=N–C) groups is 1. The summed E-state index contributed by atoms with van der Waals surface area (Å²) < 4.78 is 23.8. The van der Waals surface area contributed by atoms with Crippen molar-refractivity contribution in [3.8, 4) is 11.5 Å². The second-order valence-corrected chi connectivity index (χ2v) is 5.67. The summed E-state index contributed by atoms with van der Waals surface area (Å²) in [6.45, 7) is 4.89. The van der Waals surface area contributed by atoms with Gasteiger partial charge in [-0.1, -0.05) is 0 Å². The van der Waals surface area contributed by atoms with E-state index in [1.165, 1.54) is 24.3 Å². The third-order valence-corrected chi connectivity index (χ3v) is 3.58. The van der Waals surface area contributed by atoms with Gasteiger partial charge in [0.15, 0.2) is 17.5 Å². The highest BCUT2D eigenvalue weighted by atomic mass is 127. The van der Waals surface area contributed by atoms with Crippen LogP contribution in [0.2, 0.25) is 0 Å². The molecule has 2 rings (SSSR count). The molecule has 0 bridgehead atoms. The van der Waals surface area contributed by atoms with Gasteiger partial charge < -0.3 is 25.4 Å². The first-order valence-electron chi connectivity index (χ1n) is 8.97. The molecule has 0 spiro atoms. The summed E-state index contributed by atoms with van der Waals surface area (Å²) in [6, 6.07) is 11.0. The van der Waals surface area contributed by atoms with E-state index < -0.39 is 0 Å². The summed E-state index contributed by atoms with van der Waals surface area (Å²) >= 11 is 0. The Morgan fingerprint density at radius 1 is 1.03 bits per heavy atom. The molecule has 0 fully saturated rings. The smallest absolute Gasteiger partial charge is 0.246 e. The van der Waals surface area contributed by atoms with E-state index >= 15 is 0 Å². The molecular weight excluding hydrogens is 490 g/mol. The van der Waals surface area contributed by atoms with Gasteiger partial charge in [0, 0.05) is 24.0 Å². The lowest BCUT2D eigenvalue weighted by atomic mass is 10.2. The normalized spacial score (nSPS) is 10.6. The predicted molar refractivity (Wildman–Crippen MR) is 124 cm³/mol. The molecular formula is C20H26FIN4O3. The van der Waals surface area contributed by atoms with E-state index in [1.807, 2.05) is 19.9 Å². The number of ether oxygens (including phenoxy) is 2. The highest BCUT2D eigenvalue weighted by Crippen LogP contribution is 2.30. The van der Waals surface area contributed by atoms with Crippen molar-refractivity contribution in [2.45, 2.75) is 13.8 Å². The summed E-state index contributed by atoms with van der Waals surface area (Å²) in [4.78, 5) is 16.3. The number of amides is 1. The van der Waals surface area contributed by atoms with Crippen molar-refractivity contribution >= 4 is 47.2 Å². The van der Waals surface area contributed by atoms with Gasteiger partial charge in [0.25, 0.3) is 0 Å². The van der Waals surface area contributed by atoms with Crippen molar-refractivity contribution in [3.05, 3.63) is 48.3 Å². The summed E-state index contributed by atoms with van der Waals surface area (Å²) in [5.41, 5.74) is 1.25. The minimum atomic E-state index is -0.361. The first-order valence-corrected chi connectivity index (χ1v) is 8.97. The minimum Gasteiger partial charge on any atom is -0.493 e. The largest absolute Gasteiger partial charge is 0.493 e. The average molecular weight is 516 g/mol. The molecule has 0 aliphatic carbocycles. The Morgan fingerprint density at radius 3 is 2.34 bits per heavy atom. The van der Waals surface area contributed by atoms with Crippen LogP contribution >= 0.6 is 24.0 Å². The zero-order chi connectivity index (χ0) is 20.4. The number of nitrogens with one attached hydrogen (secondary N) is 3. The fourth-order valence-electron chi connectivity index (χ4n) is 2.35. The van der Waals surface area contributed by atoms with Gasteiger partial charge in [-0.2, -0.15) is 0 Å². The number of benzene rings is 2. The van der Waals surface area contributed by atoms with Crippen LogP contribution in [-0.4, -0.2) is 38.7 Å². The molecule has 2 aromatic carbocycles. The number of nitrogens with zero attached hydrogens (tertiary/aromatic N) is 1. The lowest BCUT2D eigenvalue weighted by molar-refractivity contribution is -0.114. The highest BCUT2D eigenvalue weighted by molar-refractivity contribution is 14.0. The fraction of sp³-hybridized carbons (Fsp3) is 0.300. The summed E-state index contributed by atoms with van der Waals surface area (Å²) in [5.74, 6) is 1.02. The van der Waals surface area contributed by atoms with Crippen LogP contribution in [0.15, 0.2) is 47.5 Å². The number of guanidine groups is 1. The van der Waals surface area contributed by atoms with Crippen LogP contribution in [-0.2, 0) is 4.79 Å². The van der Waals surface area contributed by atoms with Crippen molar-refractivity contribution in [2.24, 2.45) is 4.99 Å². The number of rotatable bonds is 8. The number of carbonyl (C=O) groups is 1. The van der Waals surface area contributed by atoms with Gasteiger partial charge in [-0.3, -0.25) is 4.79 Å². The van der Waals surface area contributed by atoms with Gasteiger partial charge >= 0.3 is 0 Å². The van der Waals surface area contributed by atoms with Crippen LogP contribution in [0, 0.1) is 5.82 Å². The maximum absolute atomic E-state index is 12.9. The van der Waals surface area contributed by atoms with Gasteiger partial charge in [-0.05, 0) is 50.2 Å². The third kappa shape index (κ3) is 8.14. The molecule has 0 saturated carbocycles. The minimum absolute atomic E-state index is 0. The average Bonchev–Trinajstić information content (AvgIpc) is 2.69. The number of methoxy groups -OCH3 is 1. The molecule has 1 amide bonds. The van der Waals surface area contributed by atoms with Crippen LogP contribution in [0.25, 0.3) is 0 Å². The van der Waals surface area contributed by atoms with Crippen LogP contribution in [0.4, 0.5) is 15.8 Å². The predicted octanol–water partition coefficient (Wildman–Crippen LogP) is 3.87. The molecule has 158 valence electrons. The summed E-state index contributed by atoms with van der Waals surface area (Å²) in [6.07, 6.45) is 0. The van der Waals surface area contributed by atoms with Gasteiger partial charge in [0.2, 0.25) is 5.91 Å². The molecule has 0 aliphatic rings. The molecule has 2 aromatic rings. The van der Waals surface area contributed by atoms with Crippen molar-refractivity contribution in [1.82, 2.24) is 5.32 Å². The van der Waals surface area contributed by atoms with Crippen molar-refractivity contribution < 1.29 is 18.7 Å². The van der Waals surface area contributed by atoms with Crippen molar-refractivity contribution in [2.75, 3.05) is 37.4 Å². The fourth-order valence-corrected chi connectivity index (χ4v) is 2.35. The third-order valence-electron chi connectivity index (χ3n) is 3.58. The maximum atomic E-state index is 12.9. The Kier molecular flexibility index (Phi) is 10.8. The van der Waals surface area contributed by atoms with Crippen LogP contribution in [0.5, 0.6) is 11.5 Å². The van der Waals surface area contributed by atoms with E-state index in [0.717, 1.165) is 5.69 Å². The quantitative estimate of drug-likeness (QED) is 0.282. The first kappa shape index (κ1) is 24.5. The van der Waals surface area contributed by atoms with Gasteiger partial charge in [0.1, 0.15) is 12.4 Å². The van der Waals surface area contributed by atoms with E-state index in [-0.39, 0.29) is 42.2 Å². The Bertz CT molecular complexity index is 816. The Labute approximate surface area is 187 Å². The standard InChI is InChI=1S/C20H25FN4O3.HI/c1-4-22-20(23-13-19(26)24-15-8-6-14(21)7-9-15)25-16-10-11-17(28-5-2)18(12-16)27-3;/h6-12H,4-5,13H2,1-3H3,(H,24,26)(H2,22,23,25);1H. The summed E-state index contributed by atoms with van der Waals surface area (Å²) in [7, 11) is 1.57. The molecule has 0 radical (unpaired) electrons. The second kappa shape index (κ2) is 12.8. The first-order chi connectivity index (χ1) is 13.5. The van der Waals surface area contributed by atoms with Gasteiger partial charge in [-0.15, -0.1) is 24.0 Å². The molecule has 0 aromatic heterocycles. The van der Waals surface area contributed by atoms with Crippen LogP contribution in [0.1, 0.15) is 13.8 Å². The van der Waals surface area contributed by atoms with E-state index in [0.29, 0.717) is 36.3 Å². The SMILES string of the molecule is CCNC(=NCC(=O)Nc1ccc(F)cc1)Nc1ccc(OCC)c(OC)c1.I. The Morgan fingerprint density at radius 2 is 1.72 bits per heavy atom. The Balaban J connectivity index is 0.00000420. The topological polar surface area (TPSA) is 84.0 Å². The molecule has 9 heteroatoms. The lowest BCUT2D eigenvalue weighted by Crippen LogP contribution is -2.31. The Hall–Kier alpha value is -2.56. The molecule has 0 unspecified atom stereocenters. The lowest BCUT2D eigenvalue weighted by Gasteiger charge is -2.14. The zero-order valence-corrected chi connectivity index (χ0v) is 19.0. The second-order valence-electron chi connectivity index (χ2n) is 5.67. The molecule has 0 saturated heterocycles. The van der Waals surface area contributed by atoms with Gasteiger partial charge in [0.05, 0.1) is 13.7 Å². The van der Waals surface area contributed by atoms with E-state index in [9.17, 15) is 9.18 Å². The summed E-state index contributed by atoms with van der Waals surface area (Å²) in [5, 5.41) is 8.86. The maximum Gasteiger partial charge on any atom is 0.246 e. The number of halogens is 2. The molecule has 29 heavy (non-hydrogen) atoms. The van der Waals surface area contributed by atoms with Crippen LogP contribution in [0.3, 0.4) is 0 Å². The molecule has 3 N–H and O–H groups in total. The molecule has 0 aliphatic heterocycles. The van der Waals surface area contributed by atoms with Crippen LogP contribution < -0.4 is 25.4 Å². The van der Waals surface area contributed by atoms with Gasteiger partial charge in [-0.25, -0.2) is 9.38 Å². The van der Waals surface area contributed by atoms with E-state index in [1.54, 1.807) is 19.2 Å². The van der Waals surface area contributed by atoms with Crippen molar-refractivity contribution in [3.63, 3.8) is 0 Å². The zero-order valence-electron chi connectivity index (χ0n) is 16.6. The molecule has 0 heterocycles. The number of anilines is 2. The number of carbonyl (C=O) groups excluding carboxylic acids is 1. The number of hydrogen-bond acceptors (Lipinski definition) is 4. The van der Waals surface area contributed by atoms with E-state index in [4.69, 9.17) is 9.47 Å². The molecule has 7 nitrogen and oxygen atoms in total. The number of hydrogen-bond donors (Lipinski definition) is 3. The molecule has 0 atom stereocenters.